The highest BCUT2D eigenvalue weighted by molar-refractivity contribution is 7.90. The molecule has 0 unspecified atom stereocenters. The Morgan fingerprint density at radius 1 is 0.373 bits per heavy atom. The molecule has 0 amide bonds. The van der Waals surface area contributed by atoms with Gasteiger partial charge in [0.15, 0.2) is 0 Å². The smallest absolute Gasteiger partial charge is 0.497 e. The summed E-state index contributed by atoms with van der Waals surface area (Å²) in [5, 5.41) is 0. The van der Waals surface area contributed by atoms with Crippen LogP contribution in [0.2, 0.25) is 0 Å². The Kier molecular flexibility index (Phi) is 28.2. The van der Waals surface area contributed by atoms with E-state index in [0.29, 0.717) is 56.4 Å². The summed E-state index contributed by atoms with van der Waals surface area (Å²) in [6, 6.07) is 29.6. The van der Waals surface area contributed by atoms with Crippen LogP contribution < -0.4 is 17.8 Å². The predicted octanol–water partition coefficient (Wildman–Crippen LogP) is 21.5. The van der Waals surface area contributed by atoms with Crippen molar-refractivity contribution in [1.29, 1.82) is 0 Å². The second-order valence-corrected chi connectivity index (χ2v) is 28.9. The molecule has 6 aromatic carbocycles. The molecule has 0 radical (unpaired) electrons. The fourth-order valence-corrected chi connectivity index (χ4v) is 15.2. The summed E-state index contributed by atoms with van der Waals surface area (Å²) in [7, 11) is 8.44. The molecule has 4 aliphatic rings. The molecule has 10 rings (SSSR count). The zero-order valence-electron chi connectivity index (χ0n) is 59.6. The van der Waals surface area contributed by atoms with Crippen LogP contribution in [0.25, 0.3) is 22.3 Å². The number of esters is 4. The maximum atomic E-state index is 14.6. The quantitative estimate of drug-likeness (QED) is 0.0134. The van der Waals surface area contributed by atoms with Crippen LogP contribution in [0.1, 0.15) is 220 Å². The van der Waals surface area contributed by atoms with E-state index in [1.807, 2.05) is 24.3 Å². The Balaban J connectivity index is 0.000000191. The molecule has 4 fully saturated rings. The van der Waals surface area contributed by atoms with Gasteiger partial charge in [0.1, 0.15) is 34.6 Å². The normalized spacial score (nSPS) is 19.1. The van der Waals surface area contributed by atoms with Crippen LogP contribution in [0.15, 0.2) is 109 Å². The average molecular weight is 1470 g/mol. The number of methoxy groups -OCH3 is 6. The second kappa shape index (κ2) is 35.2. The van der Waals surface area contributed by atoms with Gasteiger partial charge in [-0.2, -0.15) is 0 Å². The lowest BCUT2D eigenvalue weighted by atomic mass is 9.75. The number of halogens is 8. The van der Waals surface area contributed by atoms with Crippen LogP contribution in [0.3, 0.4) is 0 Å². The van der Waals surface area contributed by atoms with Crippen LogP contribution in [-0.4, -0.2) is 79.3 Å². The molecule has 0 aromatic heterocycles. The second-order valence-electron chi connectivity index (χ2n) is 28.0. The van der Waals surface area contributed by atoms with Gasteiger partial charge in [-0.1, -0.05) is 93.2 Å². The first-order valence-electron chi connectivity index (χ1n) is 33.1. The molecule has 102 heavy (non-hydrogen) atoms. The number of rotatable bonds is 20. The summed E-state index contributed by atoms with van der Waals surface area (Å²) in [5.74, 6) is 0.229. The summed E-state index contributed by atoms with van der Waals surface area (Å²) >= 11 is 0.136. The van der Waals surface area contributed by atoms with Crippen molar-refractivity contribution in [3.8, 4) is 45.3 Å². The van der Waals surface area contributed by atoms with Gasteiger partial charge in [-0.15, -0.1) is 44.8 Å². The Hall–Kier alpha value is -7.62. The lowest BCUT2D eigenvalue weighted by Crippen LogP contribution is -2.17. The Morgan fingerprint density at radius 3 is 0.902 bits per heavy atom. The predicted molar refractivity (Wildman–Crippen MR) is 369 cm³/mol. The highest BCUT2D eigenvalue weighted by Gasteiger charge is 2.42. The molecule has 0 aliphatic heterocycles. The molecule has 0 saturated heterocycles. The molecular formula is C76H88F8O16S2. The molecule has 0 spiro atoms. The van der Waals surface area contributed by atoms with Gasteiger partial charge in [0.25, 0.3) is 24.6 Å². The first-order valence-corrected chi connectivity index (χ1v) is 34.4. The van der Waals surface area contributed by atoms with Gasteiger partial charge in [0.05, 0.1) is 64.9 Å². The molecule has 26 heteroatoms. The van der Waals surface area contributed by atoms with Gasteiger partial charge in [-0.25, -0.2) is 28.0 Å². The number of benzene rings is 6. The van der Waals surface area contributed by atoms with E-state index in [1.54, 1.807) is 62.8 Å². The molecular weight excluding hydrogens is 1380 g/mol. The summed E-state index contributed by atoms with van der Waals surface area (Å²) < 4.78 is 149. The zero-order valence-corrected chi connectivity index (χ0v) is 61.2. The van der Waals surface area contributed by atoms with Crippen molar-refractivity contribution in [3.63, 3.8) is 0 Å². The van der Waals surface area contributed by atoms with E-state index in [-0.39, 0.29) is 93.6 Å². The topological polar surface area (TPSA) is 179 Å². The summed E-state index contributed by atoms with van der Waals surface area (Å²) in [4.78, 5) is 54.1. The number of hydrogen-bond donors (Lipinski definition) is 0. The maximum absolute atomic E-state index is 14.6. The third-order valence-electron chi connectivity index (χ3n) is 19.8. The van der Waals surface area contributed by atoms with Gasteiger partial charge >= 0.3 is 36.6 Å². The van der Waals surface area contributed by atoms with Crippen molar-refractivity contribution in [3.05, 3.63) is 165 Å². The molecule has 4 atom stereocenters. The standard InChI is InChI=1S/2C22H25FO3.2C16H19F3O5S/c2*1-22(2)11-5-6-19(22)17-12-14(21(24)26-4)7-9-16(17)18-13-15(25-3)8-10-20(18)23;2*1-15(2)8-4-5-12(15)11-9-10(14(20)21-3)6-7-13(11)22-25-24-23-16(17,18)19/h2*7-10,12-13,19H,5-6,11H2,1-4H3;2*6-7,9,12H,4-5,8H2,1-3H3/t2*19-;2*12-/m1010/s1. The van der Waals surface area contributed by atoms with Crippen LogP contribution in [0.5, 0.6) is 23.0 Å². The largest absolute Gasteiger partial charge is 0.550 e. The van der Waals surface area contributed by atoms with E-state index >= 15 is 0 Å². The lowest BCUT2D eigenvalue weighted by molar-refractivity contribution is -0.441. The van der Waals surface area contributed by atoms with E-state index in [2.05, 4.69) is 73.8 Å². The Morgan fingerprint density at radius 2 is 0.647 bits per heavy atom. The van der Waals surface area contributed by atoms with Crippen molar-refractivity contribution in [2.75, 3.05) is 42.7 Å². The van der Waals surface area contributed by atoms with Crippen molar-refractivity contribution in [2.45, 2.75) is 169 Å². The number of alkyl halides is 6. The highest BCUT2D eigenvalue weighted by atomic mass is 32.2. The van der Waals surface area contributed by atoms with Gasteiger partial charge in [0, 0.05) is 22.3 Å². The fraction of sp³-hybridized carbons (Fsp3) is 0.474. The summed E-state index contributed by atoms with van der Waals surface area (Å²) in [6.07, 6.45) is 2.49. The molecule has 0 N–H and O–H groups in total. The van der Waals surface area contributed by atoms with E-state index in [1.165, 1.54) is 64.8 Å². The van der Waals surface area contributed by atoms with Gasteiger partial charge in [-0.05, 0) is 216 Å². The van der Waals surface area contributed by atoms with Crippen molar-refractivity contribution >= 4 is 48.5 Å². The molecule has 0 heterocycles. The minimum atomic E-state index is -4.92. The number of hydrogen-bond acceptors (Lipinski definition) is 18. The van der Waals surface area contributed by atoms with Crippen molar-refractivity contribution in [1.82, 2.24) is 0 Å². The molecule has 4 saturated carbocycles. The minimum absolute atomic E-state index is 0.0269. The minimum Gasteiger partial charge on any atom is -0.497 e. The van der Waals surface area contributed by atoms with Crippen molar-refractivity contribution in [2.24, 2.45) is 21.7 Å². The number of carbonyl (C=O) groups excluding carboxylic acids is 4. The van der Waals surface area contributed by atoms with Gasteiger partial charge in [0.2, 0.25) is 0 Å². The maximum Gasteiger partial charge on any atom is 0.550 e. The molecule has 0 bridgehead atoms. The average Bonchev–Trinajstić information content (AvgIpc) is 1.39. The molecule has 16 nitrogen and oxygen atoms in total. The number of ether oxygens (including phenoxy) is 6. The van der Waals surface area contributed by atoms with E-state index in [4.69, 9.17) is 36.8 Å². The highest BCUT2D eigenvalue weighted by Crippen LogP contribution is 2.56. The molecule has 556 valence electrons. The third kappa shape index (κ3) is 21.3. The van der Waals surface area contributed by atoms with Crippen LogP contribution >= 0.6 is 24.6 Å². The van der Waals surface area contributed by atoms with Crippen LogP contribution in [0, 0.1) is 33.3 Å². The fourth-order valence-electron chi connectivity index (χ4n) is 14.5. The van der Waals surface area contributed by atoms with Crippen LogP contribution in [-0.2, 0) is 37.4 Å². The third-order valence-corrected chi connectivity index (χ3v) is 20.6. The van der Waals surface area contributed by atoms with Gasteiger partial charge < -0.3 is 36.8 Å². The first-order chi connectivity index (χ1) is 48.0. The summed E-state index contributed by atoms with van der Waals surface area (Å²) in [6.45, 7) is 17.4. The monoisotopic (exact) mass is 1470 g/mol. The Labute approximate surface area is 599 Å². The van der Waals surface area contributed by atoms with Crippen LogP contribution in [0.4, 0.5) is 35.1 Å². The SMILES string of the molecule is COC(=O)c1ccc(-c2cc(OC)ccc2F)c([C@@H]2CCCC2(C)C)c1.COC(=O)c1ccc(-c2cc(OC)ccc2F)c([C@H]2CCCC2(C)C)c1.COC(=O)c1ccc(OSOOC(F)(F)F)c([C@@H]2CCCC2(C)C)c1.COC(=O)c1ccc(OSOOC(F)(F)F)c([C@H]2CCCC2(C)C)c1. The molecule has 6 aromatic rings. The lowest BCUT2D eigenvalue weighted by Gasteiger charge is -2.29. The van der Waals surface area contributed by atoms with E-state index < -0.39 is 24.7 Å². The zero-order chi connectivity index (χ0) is 75.1. The van der Waals surface area contributed by atoms with E-state index in [9.17, 15) is 54.3 Å². The van der Waals surface area contributed by atoms with Gasteiger partial charge in [-0.3, -0.25) is 0 Å². The Bertz CT molecular complexity index is 3630. The number of carbonyl (C=O) groups is 4. The summed E-state index contributed by atoms with van der Waals surface area (Å²) in [5.41, 5.74) is 7.93. The first kappa shape index (κ1) is 81.7. The van der Waals surface area contributed by atoms with E-state index in [0.717, 1.165) is 110 Å². The molecule has 4 aliphatic carbocycles. The van der Waals surface area contributed by atoms with Crippen molar-refractivity contribution < 1.29 is 110 Å².